The molecular weight excluding hydrogens is 358 g/mol. The lowest BCUT2D eigenvalue weighted by Crippen LogP contribution is -2.38. The van der Waals surface area contributed by atoms with Crippen LogP contribution in [-0.2, 0) is 0 Å². The monoisotopic (exact) mass is 379 g/mol. The van der Waals surface area contributed by atoms with E-state index in [1.807, 2.05) is 53.7 Å². The lowest BCUT2D eigenvalue weighted by Gasteiger charge is -2.34. The number of rotatable bonds is 3. The third-order valence-electron chi connectivity index (χ3n) is 4.80. The van der Waals surface area contributed by atoms with Gasteiger partial charge in [0.05, 0.1) is 11.7 Å². The lowest BCUT2D eigenvalue weighted by atomic mass is 10.0. The number of likely N-dealkylation sites (tertiary alicyclic amines) is 1. The van der Waals surface area contributed by atoms with Crippen LogP contribution in [-0.4, -0.2) is 32.3 Å². The van der Waals surface area contributed by atoms with Gasteiger partial charge in [-0.2, -0.15) is 0 Å². The second-order valence-corrected chi connectivity index (χ2v) is 7.64. The number of carbonyl (C=O) groups is 1. The van der Waals surface area contributed by atoms with Crippen LogP contribution in [0.25, 0.3) is 11.3 Å². The summed E-state index contributed by atoms with van der Waals surface area (Å²) in [6.07, 6.45) is 4.94. The fraction of sp³-hybridized carbons (Fsp3) is 0.300. The molecule has 0 saturated carbocycles. The van der Waals surface area contributed by atoms with Crippen molar-refractivity contribution < 1.29 is 4.79 Å². The van der Waals surface area contributed by atoms with Gasteiger partial charge in [-0.15, -0.1) is 11.3 Å². The third-order valence-corrected chi connectivity index (χ3v) is 5.68. The van der Waals surface area contributed by atoms with E-state index in [9.17, 15) is 4.79 Å². The van der Waals surface area contributed by atoms with Crippen LogP contribution in [0.1, 0.15) is 46.4 Å². The number of hydrogen-bond donors (Lipinski definition) is 1. The molecule has 2 aromatic heterocycles. The number of piperidine rings is 1. The Bertz CT molecular complexity index is 919. The second-order valence-electron chi connectivity index (χ2n) is 6.71. The molecule has 2 N–H and O–H groups in total. The summed E-state index contributed by atoms with van der Waals surface area (Å²) in [5, 5.41) is 2.99. The minimum Gasteiger partial charge on any atom is -0.368 e. The van der Waals surface area contributed by atoms with Crippen LogP contribution in [0.4, 0.5) is 5.95 Å². The molecule has 7 heteroatoms. The van der Waals surface area contributed by atoms with Gasteiger partial charge in [0.15, 0.2) is 0 Å². The maximum absolute atomic E-state index is 13.1. The van der Waals surface area contributed by atoms with Gasteiger partial charge in [0, 0.05) is 34.9 Å². The molecule has 6 nitrogen and oxygen atoms in total. The number of nitrogens with two attached hydrogens (primary N) is 1. The minimum atomic E-state index is 0.0554. The number of thiazole rings is 1. The highest BCUT2D eigenvalue weighted by Gasteiger charge is 2.30. The molecule has 27 heavy (non-hydrogen) atoms. The van der Waals surface area contributed by atoms with Crippen molar-refractivity contribution in [1.82, 2.24) is 19.9 Å². The van der Waals surface area contributed by atoms with Crippen molar-refractivity contribution in [3.63, 3.8) is 0 Å². The molecule has 0 aliphatic carbocycles. The van der Waals surface area contributed by atoms with E-state index >= 15 is 0 Å². The Kier molecular flexibility index (Phi) is 4.85. The summed E-state index contributed by atoms with van der Waals surface area (Å²) in [5.41, 5.74) is 8.92. The Morgan fingerprint density at radius 1 is 1.22 bits per heavy atom. The van der Waals surface area contributed by atoms with Crippen LogP contribution in [0.15, 0.2) is 41.9 Å². The van der Waals surface area contributed by atoms with E-state index in [2.05, 4.69) is 15.0 Å². The number of nitrogen functional groups attached to an aromatic ring is 1. The zero-order valence-corrected chi connectivity index (χ0v) is 15.9. The number of carbonyl (C=O) groups excluding carboxylic acids is 1. The maximum Gasteiger partial charge on any atom is 0.254 e. The van der Waals surface area contributed by atoms with Gasteiger partial charge in [-0.1, -0.05) is 12.1 Å². The number of amides is 1. The summed E-state index contributed by atoms with van der Waals surface area (Å²) in [6, 6.07) is 9.51. The van der Waals surface area contributed by atoms with Crippen molar-refractivity contribution in [2.45, 2.75) is 32.2 Å². The van der Waals surface area contributed by atoms with Gasteiger partial charge in [0.1, 0.15) is 5.01 Å². The zero-order valence-electron chi connectivity index (χ0n) is 15.1. The first-order valence-electron chi connectivity index (χ1n) is 9.04. The Morgan fingerprint density at radius 3 is 2.74 bits per heavy atom. The number of aromatic nitrogens is 3. The van der Waals surface area contributed by atoms with Crippen molar-refractivity contribution in [3.8, 4) is 11.3 Å². The van der Waals surface area contributed by atoms with Crippen LogP contribution < -0.4 is 5.73 Å². The molecule has 3 aromatic rings. The molecule has 0 unspecified atom stereocenters. The van der Waals surface area contributed by atoms with Crippen molar-refractivity contribution in [2.24, 2.45) is 0 Å². The highest BCUT2D eigenvalue weighted by atomic mass is 32.1. The van der Waals surface area contributed by atoms with E-state index in [0.29, 0.717) is 5.56 Å². The van der Waals surface area contributed by atoms with E-state index < -0.39 is 0 Å². The molecular formula is C20H21N5OS. The average Bonchev–Trinajstić information content (AvgIpc) is 3.21. The summed E-state index contributed by atoms with van der Waals surface area (Å²) in [5.74, 6) is 0.310. The number of anilines is 1. The second kappa shape index (κ2) is 7.44. The first kappa shape index (κ1) is 17.6. The molecule has 3 heterocycles. The molecule has 138 valence electrons. The Labute approximate surface area is 162 Å². The fourth-order valence-electron chi connectivity index (χ4n) is 3.52. The van der Waals surface area contributed by atoms with Gasteiger partial charge in [0.2, 0.25) is 5.95 Å². The predicted molar refractivity (Wildman–Crippen MR) is 106 cm³/mol. The maximum atomic E-state index is 13.1. The van der Waals surface area contributed by atoms with Gasteiger partial charge in [-0.3, -0.25) is 4.79 Å². The first-order valence-corrected chi connectivity index (χ1v) is 9.92. The van der Waals surface area contributed by atoms with Crippen molar-refractivity contribution in [3.05, 3.63) is 58.2 Å². The highest BCUT2D eigenvalue weighted by molar-refractivity contribution is 7.09. The van der Waals surface area contributed by atoms with Gasteiger partial charge < -0.3 is 10.6 Å². The fourth-order valence-corrected chi connectivity index (χ4v) is 4.30. The number of benzene rings is 1. The summed E-state index contributed by atoms with van der Waals surface area (Å²) >= 11 is 1.62. The molecule has 1 atom stereocenters. The molecule has 0 spiro atoms. The first-order chi connectivity index (χ1) is 13.1. The van der Waals surface area contributed by atoms with E-state index in [0.717, 1.165) is 47.8 Å². The molecule has 4 rings (SSSR count). The average molecular weight is 379 g/mol. The summed E-state index contributed by atoms with van der Waals surface area (Å²) < 4.78 is 0. The molecule has 0 radical (unpaired) electrons. The van der Waals surface area contributed by atoms with Crippen LogP contribution >= 0.6 is 11.3 Å². The molecule has 1 saturated heterocycles. The van der Waals surface area contributed by atoms with Crippen molar-refractivity contribution in [2.75, 3.05) is 12.3 Å². The number of aryl methyl sites for hydroxylation is 1. The number of nitrogens with zero attached hydrogens (tertiary/aromatic N) is 4. The van der Waals surface area contributed by atoms with Gasteiger partial charge in [-0.25, -0.2) is 15.0 Å². The summed E-state index contributed by atoms with van der Waals surface area (Å²) in [6.45, 7) is 2.65. The molecule has 1 fully saturated rings. The van der Waals surface area contributed by atoms with Crippen LogP contribution in [0.5, 0.6) is 0 Å². The van der Waals surface area contributed by atoms with E-state index in [-0.39, 0.29) is 17.9 Å². The molecule has 0 bridgehead atoms. The normalized spacial score (nSPS) is 17.1. The Balaban J connectivity index is 1.58. The highest BCUT2D eigenvalue weighted by Crippen LogP contribution is 2.33. The molecule has 1 aromatic carbocycles. The van der Waals surface area contributed by atoms with E-state index in [1.165, 1.54) is 0 Å². The topological polar surface area (TPSA) is 85.0 Å². The van der Waals surface area contributed by atoms with Gasteiger partial charge in [-0.05, 0) is 44.4 Å². The van der Waals surface area contributed by atoms with Crippen molar-refractivity contribution in [1.29, 1.82) is 0 Å². The lowest BCUT2D eigenvalue weighted by molar-refractivity contribution is 0.0611. The largest absolute Gasteiger partial charge is 0.368 e. The quantitative estimate of drug-likeness (QED) is 0.747. The van der Waals surface area contributed by atoms with Crippen LogP contribution in [0.3, 0.4) is 0 Å². The number of hydrogen-bond acceptors (Lipinski definition) is 6. The molecule has 1 aliphatic heterocycles. The summed E-state index contributed by atoms with van der Waals surface area (Å²) in [4.78, 5) is 27.9. The predicted octanol–water partition coefficient (Wildman–Crippen LogP) is 3.86. The minimum absolute atomic E-state index is 0.0554. The Morgan fingerprint density at radius 2 is 2.04 bits per heavy atom. The molecule has 1 amide bonds. The van der Waals surface area contributed by atoms with E-state index in [1.54, 1.807) is 11.3 Å². The zero-order chi connectivity index (χ0) is 18.8. The van der Waals surface area contributed by atoms with Gasteiger partial charge in [0.25, 0.3) is 5.91 Å². The Hall–Kier alpha value is -2.80. The smallest absolute Gasteiger partial charge is 0.254 e. The summed E-state index contributed by atoms with van der Waals surface area (Å²) in [7, 11) is 0. The van der Waals surface area contributed by atoms with Crippen LogP contribution in [0.2, 0.25) is 0 Å². The van der Waals surface area contributed by atoms with Crippen molar-refractivity contribution >= 4 is 23.2 Å². The SMILES string of the molecule is Cc1cc(-c2ccc(C(=O)N3CCCC[C@@H]3c3nccs3)cc2)nc(N)n1. The third kappa shape index (κ3) is 3.68. The molecule has 1 aliphatic rings. The van der Waals surface area contributed by atoms with Crippen LogP contribution in [0, 0.1) is 6.92 Å². The van der Waals surface area contributed by atoms with Gasteiger partial charge >= 0.3 is 0 Å². The standard InChI is InChI=1S/C20H21N5OS/c1-13-12-16(24-20(21)23-13)14-5-7-15(8-6-14)19(26)25-10-3-2-4-17(25)18-22-9-11-27-18/h5-9,11-12,17H,2-4,10H2,1H3,(H2,21,23,24)/t17-/m1/s1. The van der Waals surface area contributed by atoms with E-state index in [4.69, 9.17) is 5.73 Å².